The highest BCUT2D eigenvalue weighted by Gasteiger charge is 2.41. The number of hydrogen-bond donors (Lipinski definition) is 0. The molecule has 0 bridgehead atoms. The molecule has 0 atom stereocenters. The number of carbonyl (C=O) groups is 1. The van der Waals surface area contributed by atoms with Gasteiger partial charge in [-0.1, -0.05) is 25.4 Å². The Morgan fingerprint density at radius 2 is 2.04 bits per heavy atom. The van der Waals surface area contributed by atoms with Crippen LogP contribution in [0.15, 0.2) is 30.5 Å². The molecule has 0 N–H and O–H groups in total. The van der Waals surface area contributed by atoms with Crippen molar-refractivity contribution in [3.63, 3.8) is 0 Å². The van der Waals surface area contributed by atoms with Gasteiger partial charge >= 0.3 is 6.09 Å². The number of halogens is 1. The van der Waals surface area contributed by atoms with E-state index in [0.717, 1.165) is 5.69 Å². The van der Waals surface area contributed by atoms with Crippen molar-refractivity contribution < 1.29 is 14.3 Å². The maximum Gasteiger partial charge on any atom is 0.414 e. The summed E-state index contributed by atoms with van der Waals surface area (Å²) in [5.74, 6) is 0.790. The van der Waals surface area contributed by atoms with E-state index in [1.165, 1.54) is 6.07 Å². The van der Waals surface area contributed by atoms with Crippen LogP contribution in [-0.4, -0.2) is 23.2 Å². The molecular formula is C21H22ClN3O3. The van der Waals surface area contributed by atoms with Gasteiger partial charge in [0.15, 0.2) is 0 Å². The van der Waals surface area contributed by atoms with Gasteiger partial charge in [0, 0.05) is 23.0 Å². The third-order valence-electron chi connectivity index (χ3n) is 4.23. The van der Waals surface area contributed by atoms with E-state index in [1.807, 2.05) is 34.6 Å². The molecule has 1 aliphatic rings. The van der Waals surface area contributed by atoms with Crippen LogP contribution in [0.25, 0.3) is 0 Å². The molecule has 2 aromatic rings. The van der Waals surface area contributed by atoms with Gasteiger partial charge in [0.05, 0.1) is 23.1 Å². The van der Waals surface area contributed by atoms with Gasteiger partial charge in [-0.05, 0) is 39.0 Å². The molecule has 0 spiro atoms. The van der Waals surface area contributed by atoms with Crippen molar-refractivity contribution in [2.45, 2.75) is 45.6 Å². The number of hydrogen-bond acceptors (Lipinski definition) is 5. The van der Waals surface area contributed by atoms with Crippen molar-refractivity contribution in [3.8, 4) is 17.6 Å². The molecule has 2 heterocycles. The van der Waals surface area contributed by atoms with E-state index in [0.29, 0.717) is 34.3 Å². The molecule has 7 heteroatoms. The summed E-state index contributed by atoms with van der Waals surface area (Å²) in [5, 5.41) is 9.75. The van der Waals surface area contributed by atoms with Crippen LogP contribution in [0, 0.1) is 11.3 Å². The fourth-order valence-electron chi connectivity index (χ4n) is 3.06. The van der Waals surface area contributed by atoms with Gasteiger partial charge in [0.2, 0.25) is 0 Å². The fourth-order valence-corrected chi connectivity index (χ4v) is 3.23. The van der Waals surface area contributed by atoms with E-state index in [1.54, 1.807) is 29.3 Å². The summed E-state index contributed by atoms with van der Waals surface area (Å²) in [6.45, 7) is 9.99. The van der Waals surface area contributed by atoms with Crippen molar-refractivity contribution >= 4 is 23.4 Å². The number of pyridine rings is 1. The second-order valence-electron chi connectivity index (χ2n) is 8.34. The van der Waals surface area contributed by atoms with Crippen LogP contribution in [0.3, 0.4) is 0 Å². The number of anilines is 1. The number of carbonyl (C=O) groups excluding carboxylic acids is 1. The average molecular weight is 400 g/mol. The molecule has 0 saturated heterocycles. The Morgan fingerprint density at radius 3 is 2.68 bits per heavy atom. The molecule has 0 unspecified atom stereocenters. The Balaban J connectivity index is 1.96. The number of amides is 1. The van der Waals surface area contributed by atoms with Gasteiger partial charge in [0.1, 0.15) is 23.2 Å². The third-order valence-corrected chi connectivity index (χ3v) is 4.47. The van der Waals surface area contributed by atoms with Crippen LogP contribution >= 0.6 is 11.6 Å². The second kappa shape index (κ2) is 6.99. The number of fused-ring (bicyclic) bond motifs is 1. The molecule has 1 aromatic heterocycles. The lowest BCUT2D eigenvalue weighted by Crippen LogP contribution is -2.38. The largest absolute Gasteiger partial charge is 0.454 e. The molecule has 3 rings (SSSR count). The first kappa shape index (κ1) is 20.0. The second-order valence-corrected chi connectivity index (χ2v) is 8.78. The van der Waals surface area contributed by atoms with Crippen LogP contribution in [0.4, 0.5) is 10.5 Å². The summed E-state index contributed by atoms with van der Waals surface area (Å²) in [5.41, 5.74) is 0.836. The molecule has 1 amide bonds. The van der Waals surface area contributed by atoms with Gasteiger partial charge in [-0.3, -0.25) is 9.88 Å². The molecule has 28 heavy (non-hydrogen) atoms. The lowest BCUT2D eigenvalue weighted by molar-refractivity contribution is 0.0579. The average Bonchev–Trinajstić information content (AvgIpc) is 2.86. The predicted octanol–water partition coefficient (Wildman–Crippen LogP) is 5.43. The van der Waals surface area contributed by atoms with E-state index in [-0.39, 0.29) is 5.41 Å². The Labute approximate surface area is 169 Å². The first-order valence-electron chi connectivity index (χ1n) is 8.89. The molecule has 0 fully saturated rings. The van der Waals surface area contributed by atoms with E-state index < -0.39 is 11.7 Å². The zero-order chi connectivity index (χ0) is 20.7. The highest BCUT2D eigenvalue weighted by Crippen LogP contribution is 2.42. The van der Waals surface area contributed by atoms with E-state index in [2.05, 4.69) is 11.1 Å². The number of aromatic nitrogens is 1. The molecule has 0 saturated carbocycles. The van der Waals surface area contributed by atoms with E-state index >= 15 is 0 Å². The van der Waals surface area contributed by atoms with Crippen molar-refractivity contribution in [2.24, 2.45) is 0 Å². The number of rotatable bonds is 2. The topological polar surface area (TPSA) is 75.4 Å². The summed E-state index contributed by atoms with van der Waals surface area (Å²) in [6, 6.07) is 8.62. The molecular weight excluding hydrogens is 378 g/mol. The van der Waals surface area contributed by atoms with Crippen molar-refractivity contribution in [3.05, 3.63) is 46.7 Å². The summed E-state index contributed by atoms with van der Waals surface area (Å²) in [6.07, 6.45) is 1.16. The Kier molecular flexibility index (Phi) is 4.99. The predicted molar refractivity (Wildman–Crippen MR) is 107 cm³/mol. The monoisotopic (exact) mass is 399 g/mol. The van der Waals surface area contributed by atoms with Crippen LogP contribution in [0.5, 0.6) is 11.5 Å². The van der Waals surface area contributed by atoms with Gasteiger partial charge in [0.25, 0.3) is 0 Å². The highest BCUT2D eigenvalue weighted by atomic mass is 35.5. The molecule has 146 valence electrons. The lowest BCUT2D eigenvalue weighted by Gasteiger charge is -2.25. The normalized spacial score (nSPS) is 15.0. The Morgan fingerprint density at radius 1 is 1.32 bits per heavy atom. The smallest absolute Gasteiger partial charge is 0.414 e. The summed E-state index contributed by atoms with van der Waals surface area (Å²) >= 11 is 5.94. The maximum absolute atomic E-state index is 12.7. The SMILES string of the molecule is CC(C)(C)OC(=O)N1CC(C)(C)c2ncc(Oc3ccc(Cl)cc3C#N)cc21. The van der Waals surface area contributed by atoms with Crippen LogP contribution in [-0.2, 0) is 10.2 Å². The minimum Gasteiger partial charge on any atom is -0.454 e. The van der Waals surface area contributed by atoms with Crippen molar-refractivity contribution in [2.75, 3.05) is 11.4 Å². The van der Waals surface area contributed by atoms with E-state index in [9.17, 15) is 10.1 Å². The van der Waals surface area contributed by atoms with Crippen LogP contribution in [0.1, 0.15) is 45.9 Å². The zero-order valence-electron chi connectivity index (χ0n) is 16.5. The number of nitriles is 1. The first-order chi connectivity index (χ1) is 13.0. The zero-order valence-corrected chi connectivity index (χ0v) is 17.3. The van der Waals surface area contributed by atoms with Gasteiger partial charge < -0.3 is 9.47 Å². The van der Waals surface area contributed by atoms with Gasteiger partial charge in [-0.25, -0.2) is 4.79 Å². The Bertz CT molecular complexity index is 974. The number of nitrogens with zero attached hydrogens (tertiary/aromatic N) is 3. The summed E-state index contributed by atoms with van der Waals surface area (Å²) < 4.78 is 11.4. The van der Waals surface area contributed by atoms with Gasteiger partial charge in [-0.15, -0.1) is 0 Å². The molecule has 1 aliphatic heterocycles. The fraction of sp³-hybridized carbons (Fsp3) is 0.381. The highest BCUT2D eigenvalue weighted by molar-refractivity contribution is 6.30. The molecule has 0 radical (unpaired) electrons. The maximum atomic E-state index is 12.7. The number of ether oxygens (including phenoxy) is 2. The minimum absolute atomic E-state index is 0.317. The minimum atomic E-state index is -0.601. The van der Waals surface area contributed by atoms with Crippen LogP contribution < -0.4 is 9.64 Å². The summed E-state index contributed by atoms with van der Waals surface area (Å²) in [4.78, 5) is 18.8. The lowest BCUT2D eigenvalue weighted by atomic mass is 9.91. The van der Waals surface area contributed by atoms with Crippen molar-refractivity contribution in [1.82, 2.24) is 4.98 Å². The molecule has 6 nitrogen and oxygen atoms in total. The first-order valence-corrected chi connectivity index (χ1v) is 9.26. The molecule has 1 aromatic carbocycles. The quantitative estimate of drug-likeness (QED) is 0.672. The molecule has 0 aliphatic carbocycles. The van der Waals surface area contributed by atoms with Crippen LogP contribution in [0.2, 0.25) is 5.02 Å². The Hall–Kier alpha value is -2.78. The summed E-state index contributed by atoms with van der Waals surface area (Å²) in [7, 11) is 0. The van der Waals surface area contributed by atoms with E-state index in [4.69, 9.17) is 21.1 Å². The van der Waals surface area contributed by atoms with Gasteiger partial charge in [-0.2, -0.15) is 5.26 Å². The third kappa shape index (κ3) is 4.05. The standard InChI is InChI=1S/C21H22ClN3O3/c1-20(2,3)28-19(26)25-12-21(4,5)18-16(25)9-15(11-24-18)27-17-7-6-14(22)8-13(17)10-23/h6-9,11H,12H2,1-5H3. The van der Waals surface area contributed by atoms with Crippen molar-refractivity contribution in [1.29, 1.82) is 5.26 Å². The number of benzene rings is 1.